The number of hydrogen-bond donors (Lipinski definition) is 1. The Bertz CT molecular complexity index is 1210. The number of para-hydroxylation sites is 1. The summed E-state index contributed by atoms with van der Waals surface area (Å²) >= 11 is 12.9. The van der Waals surface area contributed by atoms with E-state index in [4.69, 9.17) is 43.8 Å². The predicted molar refractivity (Wildman–Crippen MR) is 121 cm³/mol. The van der Waals surface area contributed by atoms with Gasteiger partial charge in [-0.3, -0.25) is 9.59 Å². The lowest BCUT2D eigenvalue weighted by molar-refractivity contribution is -0.240. The molecule has 164 valence electrons. The summed E-state index contributed by atoms with van der Waals surface area (Å²) in [6, 6.07) is 10.7. The minimum Gasteiger partial charge on any atom is -0.478 e. The van der Waals surface area contributed by atoms with E-state index in [0.29, 0.717) is 11.1 Å². The van der Waals surface area contributed by atoms with Crippen LogP contribution in [0.15, 0.2) is 42.6 Å². The lowest BCUT2D eigenvalue weighted by Crippen LogP contribution is -2.48. The first-order valence-corrected chi connectivity index (χ1v) is 10.5. The normalized spacial score (nSPS) is 16.8. The summed E-state index contributed by atoms with van der Waals surface area (Å²) in [5, 5.41) is 1.23. The molecule has 0 saturated carbocycles. The lowest BCUT2D eigenvalue weighted by atomic mass is 9.80. The van der Waals surface area contributed by atoms with Crippen LogP contribution in [0.5, 0.6) is 5.75 Å². The molecule has 1 aliphatic rings. The second-order valence-corrected chi connectivity index (χ2v) is 8.61. The molecule has 1 saturated heterocycles. The molecule has 1 atom stereocenters. The van der Waals surface area contributed by atoms with Gasteiger partial charge < -0.3 is 19.2 Å². The lowest BCUT2D eigenvalue weighted by Gasteiger charge is -2.36. The van der Waals surface area contributed by atoms with Crippen molar-refractivity contribution in [3.63, 3.8) is 0 Å². The largest absolute Gasteiger partial charge is 0.478 e. The first-order valence-electron chi connectivity index (χ1n) is 9.79. The highest BCUT2D eigenvalue weighted by molar-refractivity contribution is 6.37. The van der Waals surface area contributed by atoms with E-state index < -0.39 is 29.6 Å². The number of carbonyl (C=O) groups is 2. The summed E-state index contributed by atoms with van der Waals surface area (Å²) in [6.45, 7) is 3.00. The first-order chi connectivity index (χ1) is 15.2. The van der Waals surface area contributed by atoms with E-state index in [-0.39, 0.29) is 22.4 Å². The topological polar surface area (TPSA) is 77.6 Å². The second-order valence-electron chi connectivity index (χ2n) is 7.79. The van der Waals surface area contributed by atoms with Crippen molar-refractivity contribution in [2.75, 3.05) is 6.61 Å². The van der Waals surface area contributed by atoms with Crippen molar-refractivity contribution in [3.8, 4) is 18.1 Å². The Morgan fingerprint density at radius 1 is 1.16 bits per heavy atom. The molecule has 0 amide bonds. The SMILES string of the molecule is C#CCOc1c(Cl)cc([C@@H](c2c[nH]c3ccccc23)C2C(=O)OC(C)(C)OC2=O)cc1Cl. The fraction of sp³-hybridized carbons (Fsp3) is 0.250. The van der Waals surface area contributed by atoms with Crippen LogP contribution in [0.2, 0.25) is 10.0 Å². The summed E-state index contributed by atoms with van der Waals surface area (Å²) in [4.78, 5) is 29.2. The Morgan fingerprint density at radius 3 is 2.41 bits per heavy atom. The van der Waals surface area contributed by atoms with Crippen molar-refractivity contribution in [2.24, 2.45) is 5.92 Å². The summed E-state index contributed by atoms with van der Waals surface area (Å²) in [5.74, 6) is -2.19. The van der Waals surface area contributed by atoms with E-state index in [1.54, 1.807) is 18.3 Å². The average Bonchev–Trinajstić information content (AvgIpc) is 3.13. The van der Waals surface area contributed by atoms with Crippen molar-refractivity contribution in [2.45, 2.75) is 25.6 Å². The maximum Gasteiger partial charge on any atom is 0.324 e. The molecule has 0 spiro atoms. The third-order valence-electron chi connectivity index (χ3n) is 5.17. The van der Waals surface area contributed by atoms with Crippen molar-refractivity contribution >= 4 is 46.0 Å². The molecule has 1 aromatic heterocycles. The quantitative estimate of drug-likeness (QED) is 0.319. The number of carbonyl (C=O) groups excluding carboxylic acids is 2. The van der Waals surface area contributed by atoms with Crippen LogP contribution >= 0.6 is 23.2 Å². The highest BCUT2D eigenvalue weighted by atomic mass is 35.5. The number of ether oxygens (including phenoxy) is 3. The van der Waals surface area contributed by atoms with Crippen LogP contribution in [0.25, 0.3) is 10.9 Å². The van der Waals surface area contributed by atoms with E-state index in [9.17, 15) is 9.59 Å². The van der Waals surface area contributed by atoms with E-state index in [1.165, 1.54) is 13.8 Å². The Labute approximate surface area is 194 Å². The second kappa shape index (κ2) is 8.42. The Hall–Kier alpha value is -3.14. The van der Waals surface area contributed by atoms with Gasteiger partial charge in [-0.15, -0.1) is 6.42 Å². The van der Waals surface area contributed by atoms with Gasteiger partial charge in [-0.2, -0.15) is 0 Å². The van der Waals surface area contributed by atoms with Gasteiger partial charge in [-0.1, -0.05) is 47.3 Å². The molecule has 8 heteroatoms. The molecule has 4 rings (SSSR count). The first kappa shape index (κ1) is 22.1. The van der Waals surface area contributed by atoms with Gasteiger partial charge in [0.15, 0.2) is 11.7 Å². The molecular weight excluding hydrogens is 453 g/mol. The van der Waals surface area contributed by atoms with Crippen LogP contribution in [-0.4, -0.2) is 29.3 Å². The fourth-order valence-electron chi connectivity index (χ4n) is 3.91. The molecule has 0 bridgehead atoms. The van der Waals surface area contributed by atoms with Gasteiger partial charge in [0.2, 0.25) is 0 Å². The Morgan fingerprint density at radius 2 is 1.78 bits per heavy atom. The van der Waals surface area contributed by atoms with Gasteiger partial charge >= 0.3 is 11.9 Å². The number of nitrogens with one attached hydrogen (secondary N) is 1. The molecule has 1 aliphatic heterocycles. The van der Waals surface area contributed by atoms with E-state index in [0.717, 1.165) is 10.9 Å². The monoisotopic (exact) mass is 471 g/mol. The number of benzene rings is 2. The van der Waals surface area contributed by atoms with E-state index in [2.05, 4.69) is 10.9 Å². The number of aromatic amines is 1. The van der Waals surface area contributed by atoms with Crippen molar-refractivity contribution in [3.05, 3.63) is 63.8 Å². The van der Waals surface area contributed by atoms with Gasteiger partial charge in [0, 0.05) is 36.9 Å². The van der Waals surface area contributed by atoms with Gasteiger partial charge in [-0.05, 0) is 29.3 Å². The highest BCUT2D eigenvalue weighted by Crippen LogP contribution is 2.44. The molecule has 32 heavy (non-hydrogen) atoms. The minimum atomic E-state index is -1.35. The van der Waals surface area contributed by atoms with Crippen LogP contribution in [0.4, 0.5) is 0 Å². The molecule has 0 aliphatic carbocycles. The highest BCUT2D eigenvalue weighted by Gasteiger charge is 2.48. The Balaban J connectivity index is 1.89. The fourth-order valence-corrected chi connectivity index (χ4v) is 4.53. The summed E-state index contributed by atoms with van der Waals surface area (Å²) in [7, 11) is 0. The zero-order valence-electron chi connectivity index (χ0n) is 17.3. The average molecular weight is 472 g/mol. The van der Waals surface area contributed by atoms with E-state index >= 15 is 0 Å². The minimum absolute atomic E-state index is 0.0129. The van der Waals surface area contributed by atoms with Crippen molar-refractivity contribution in [1.82, 2.24) is 4.98 Å². The van der Waals surface area contributed by atoms with Crippen LogP contribution < -0.4 is 4.74 Å². The molecule has 1 N–H and O–H groups in total. The number of fused-ring (bicyclic) bond motifs is 1. The molecule has 0 unspecified atom stereocenters. The molecule has 2 heterocycles. The van der Waals surface area contributed by atoms with Gasteiger partial charge in [0.25, 0.3) is 5.79 Å². The Kier molecular flexibility index (Phi) is 5.81. The number of esters is 2. The zero-order chi connectivity index (χ0) is 23.0. The van der Waals surface area contributed by atoms with Crippen LogP contribution in [0.3, 0.4) is 0 Å². The van der Waals surface area contributed by atoms with Crippen molar-refractivity contribution in [1.29, 1.82) is 0 Å². The maximum absolute atomic E-state index is 13.0. The molecule has 6 nitrogen and oxygen atoms in total. The number of terminal acetylenes is 1. The van der Waals surface area contributed by atoms with Crippen molar-refractivity contribution < 1.29 is 23.8 Å². The van der Waals surface area contributed by atoms with Crippen LogP contribution in [0.1, 0.15) is 30.9 Å². The molecule has 1 fully saturated rings. The molecular formula is C24H19Cl2NO5. The van der Waals surface area contributed by atoms with Gasteiger partial charge in [0.05, 0.1) is 10.0 Å². The number of rotatable bonds is 5. The predicted octanol–water partition coefficient (Wildman–Crippen LogP) is 5.07. The number of cyclic esters (lactones) is 2. The standard InChI is InChI=1S/C24H19Cl2NO5/c1-4-9-30-21-16(25)10-13(11-17(21)26)19(15-12-27-18-8-6-5-7-14(15)18)20-22(28)31-24(2,3)32-23(20)29/h1,5-8,10-12,19-20,27H,9H2,2-3H3/t19-/m0/s1. The zero-order valence-corrected chi connectivity index (χ0v) is 18.8. The molecule has 0 radical (unpaired) electrons. The van der Waals surface area contributed by atoms with E-state index in [1.807, 2.05) is 24.3 Å². The summed E-state index contributed by atoms with van der Waals surface area (Å²) in [5.41, 5.74) is 2.07. The van der Waals surface area contributed by atoms with Crippen LogP contribution in [-0.2, 0) is 19.1 Å². The van der Waals surface area contributed by atoms with Gasteiger partial charge in [0.1, 0.15) is 6.61 Å². The third kappa shape index (κ3) is 4.02. The number of aromatic nitrogens is 1. The maximum atomic E-state index is 13.0. The molecule has 3 aromatic rings. The smallest absolute Gasteiger partial charge is 0.324 e. The summed E-state index contributed by atoms with van der Waals surface area (Å²) < 4.78 is 16.2. The number of halogens is 2. The number of hydrogen-bond acceptors (Lipinski definition) is 5. The van der Waals surface area contributed by atoms with Gasteiger partial charge in [-0.25, -0.2) is 0 Å². The molecule has 2 aromatic carbocycles. The summed E-state index contributed by atoms with van der Waals surface area (Å²) in [6.07, 6.45) is 7.00. The number of H-pyrrole nitrogens is 1. The van der Waals surface area contributed by atoms with Crippen LogP contribution in [0, 0.1) is 18.3 Å². The third-order valence-corrected chi connectivity index (χ3v) is 5.73.